The zero-order valence-corrected chi connectivity index (χ0v) is 12.3. The number of hydrogen-bond donors (Lipinski definition) is 0. The molecule has 2 aromatic carbocycles. The Kier molecular flexibility index (Phi) is 6.96. The van der Waals surface area contributed by atoms with Crippen LogP contribution in [0, 0.1) is 0 Å². The molecule has 2 aromatic rings. The fourth-order valence-corrected chi connectivity index (χ4v) is 1.53. The minimum absolute atomic E-state index is 0. The maximum Gasteiger partial charge on any atom is 0.0633 e. The van der Waals surface area contributed by atoms with Crippen molar-refractivity contribution in [2.24, 2.45) is 9.98 Å². The van der Waals surface area contributed by atoms with E-state index in [4.69, 9.17) is 0 Å². The molecule has 0 aliphatic heterocycles. The number of rotatable bonds is 4. The Bertz CT molecular complexity index is 533. The van der Waals surface area contributed by atoms with Crippen LogP contribution in [0.25, 0.3) is 0 Å². The Balaban J connectivity index is 0.00000180. The molecule has 0 amide bonds. The summed E-state index contributed by atoms with van der Waals surface area (Å²) in [7, 11) is 0. The summed E-state index contributed by atoms with van der Waals surface area (Å²) in [5.41, 5.74) is 2.89. The van der Waals surface area contributed by atoms with Crippen molar-refractivity contribution in [2.75, 3.05) is 0 Å². The van der Waals surface area contributed by atoms with Gasteiger partial charge in [-0.3, -0.25) is 9.98 Å². The van der Waals surface area contributed by atoms with Gasteiger partial charge in [0.2, 0.25) is 0 Å². The molecule has 0 radical (unpaired) electrons. The summed E-state index contributed by atoms with van der Waals surface area (Å²) in [5, 5.41) is 0. The second-order valence-corrected chi connectivity index (χ2v) is 3.89. The normalized spacial score (nSPS) is 11.3. The van der Waals surface area contributed by atoms with Gasteiger partial charge >= 0.3 is 0 Å². The van der Waals surface area contributed by atoms with E-state index >= 15 is 0 Å². The maximum atomic E-state index is 4.56. The van der Waals surface area contributed by atoms with E-state index in [1.807, 2.05) is 66.9 Å². The van der Waals surface area contributed by atoms with Gasteiger partial charge in [-0.2, -0.15) is 0 Å². The van der Waals surface area contributed by atoms with Crippen LogP contribution in [0.3, 0.4) is 0 Å². The molecule has 0 unspecified atom stereocenters. The molecule has 0 N–H and O–H groups in total. The van der Waals surface area contributed by atoms with Crippen LogP contribution in [-0.4, -0.2) is 11.9 Å². The van der Waals surface area contributed by atoms with Crippen molar-refractivity contribution in [3.63, 3.8) is 0 Å². The molecular formula is C16H16N2Pd. The van der Waals surface area contributed by atoms with Gasteiger partial charge in [0, 0.05) is 26.6 Å². The summed E-state index contributed by atoms with van der Waals surface area (Å²) < 4.78 is 0. The zero-order valence-electron chi connectivity index (χ0n) is 10.8. The minimum atomic E-state index is 0. The molecule has 2 nitrogen and oxygen atoms in total. The second kappa shape index (κ2) is 8.53. The average Bonchev–Trinajstić information content (AvgIpc) is 2.45. The molecule has 0 aliphatic rings. The van der Waals surface area contributed by atoms with E-state index in [0.29, 0.717) is 0 Å². The first-order chi connectivity index (χ1) is 8.88. The van der Waals surface area contributed by atoms with Crippen molar-refractivity contribution < 1.29 is 20.4 Å². The van der Waals surface area contributed by atoms with Gasteiger partial charge in [0.25, 0.3) is 0 Å². The van der Waals surface area contributed by atoms with E-state index in [-0.39, 0.29) is 20.4 Å². The van der Waals surface area contributed by atoms with E-state index in [2.05, 4.69) is 16.9 Å². The monoisotopic (exact) mass is 342 g/mol. The largest absolute Gasteiger partial charge is 0.255 e. The summed E-state index contributed by atoms with van der Waals surface area (Å²) in [4.78, 5) is 8.98. The molecule has 0 fully saturated rings. The number of aliphatic imine (C=N–C) groups is 2. The summed E-state index contributed by atoms with van der Waals surface area (Å²) >= 11 is 0. The van der Waals surface area contributed by atoms with Gasteiger partial charge in [-0.15, -0.1) is 0 Å². The number of para-hydroxylation sites is 2. The molecule has 100 valence electrons. The summed E-state index contributed by atoms with van der Waals surface area (Å²) in [5.74, 6) is 0. The van der Waals surface area contributed by atoms with Crippen LogP contribution in [0.1, 0.15) is 13.3 Å². The van der Waals surface area contributed by atoms with E-state index in [0.717, 1.165) is 23.5 Å². The number of nitrogens with zero attached hydrogens (tertiary/aromatic N) is 2. The van der Waals surface area contributed by atoms with Crippen molar-refractivity contribution >= 4 is 23.3 Å². The standard InChI is InChI=1S/C16H16N2.Pd/c1-2-14(18-16-11-7-4-8-12-16)13-17-15-9-5-3-6-10-15;/h3-13H,2H2,1H3;/b17-13+,18-14+;. The SMILES string of the molecule is CCC(/C=N/c1ccccc1)=N\c1ccccc1.[Pd]. The molecule has 3 heteroatoms. The molecule has 0 aliphatic carbocycles. The number of benzene rings is 2. The Morgan fingerprint density at radius 3 is 1.95 bits per heavy atom. The molecular weight excluding hydrogens is 327 g/mol. The van der Waals surface area contributed by atoms with Gasteiger partial charge in [0.15, 0.2) is 0 Å². The van der Waals surface area contributed by atoms with Crippen molar-refractivity contribution in [1.82, 2.24) is 0 Å². The van der Waals surface area contributed by atoms with E-state index < -0.39 is 0 Å². The first kappa shape index (κ1) is 15.5. The molecule has 2 rings (SSSR count). The van der Waals surface area contributed by atoms with Gasteiger partial charge in [-0.05, 0) is 30.7 Å². The predicted molar refractivity (Wildman–Crippen MR) is 78.4 cm³/mol. The minimum Gasteiger partial charge on any atom is -0.255 e. The molecule has 0 saturated carbocycles. The van der Waals surface area contributed by atoms with E-state index in [9.17, 15) is 0 Å². The Morgan fingerprint density at radius 2 is 1.42 bits per heavy atom. The third kappa shape index (κ3) is 5.30. The van der Waals surface area contributed by atoms with Gasteiger partial charge in [-0.25, -0.2) is 0 Å². The van der Waals surface area contributed by atoms with E-state index in [1.165, 1.54) is 0 Å². The third-order valence-corrected chi connectivity index (χ3v) is 2.51. The van der Waals surface area contributed by atoms with Crippen molar-refractivity contribution in [3.05, 3.63) is 60.7 Å². The van der Waals surface area contributed by atoms with Gasteiger partial charge in [0.1, 0.15) is 0 Å². The molecule has 19 heavy (non-hydrogen) atoms. The summed E-state index contributed by atoms with van der Waals surface area (Å²) in [6.07, 6.45) is 2.70. The van der Waals surface area contributed by atoms with Crippen LogP contribution in [0.2, 0.25) is 0 Å². The Labute approximate surface area is 128 Å². The van der Waals surface area contributed by atoms with Crippen molar-refractivity contribution in [2.45, 2.75) is 13.3 Å². The number of hydrogen-bond acceptors (Lipinski definition) is 2. The van der Waals surface area contributed by atoms with Crippen LogP contribution >= 0.6 is 0 Å². The van der Waals surface area contributed by atoms with Gasteiger partial charge in [-0.1, -0.05) is 43.3 Å². The smallest absolute Gasteiger partial charge is 0.0633 e. The Morgan fingerprint density at radius 1 is 0.895 bits per heavy atom. The van der Waals surface area contributed by atoms with Crippen molar-refractivity contribution in [1.29, 1.82) is 0 Å². The van der Waals surface area contributed by atoms with Crippen LogP contribution < -0.4 is 0 Å². The van der Waals surface area contributed by atoms with Crippen LogP contribution in [0.4, 0.5) is 11.4 Å². The molecule has 0 saturated heterocycles. The molecule has 0 heterocycles. The van der Waals surface area contributed by atoms with Crippen LogP contribution in [-0.2, 0) is 20.4 Å². The fraction of sp³-hybridized carbons (Fsp3) is 0.125. The zero-order chi connectivity index (χ0) is 12.6. The fourth-order valence-electron chi connectivity index (χ4n) is 1.53. The molecule has 0 bridgehead atoms. The second-order valence-electron chi connectivity index (χ2n) is 3.89. The van der Waals surface area contributed by atoms with Crippen LogP contribution in [0.5, 0.6) is 0 Å². The first-order valence-electron chi connectivity index (χ1n) is 6.10. The molecule has 0 spiro atoms. The van der Waals surface area contributed by atoms with Crippen molar-refractivity contribution in [3.8, 4) is 0 Å². The van der Waals surface area contributed by atoms with Gasteiger partial charge in [0.05, 0.1) is 17.1 Å². The summed E-state index contributed by atoms with van der Waals surface area (Å²) in [6, 6.07) is 19.8. The van der Waals surface area contributed by atoms with Crippen LogP contribution in [0.15, 0.2) is 70.6 Å². The molecule has 0 atom stereocenters. The predicted octanol–water partition coefficient (Wildman–Crippen LogP) is 4.57. The quantitative estimate of drug-likeness (QED) is 0.574. The summed E-state index contributed by atoms with van der Waals surface area (Å²) in [6.45, 7) is 2.08. The first-order valence-corrected chi connectivity index (χ1v) is 6.10. The van der Waals surface area contributed by atoms with Gasteiger partial charge < -0.3 is 0 Å². The average molecular weight is 343 g/mol. The topological polar surface area (TPSA) is 24.7 Å². The maximum absolute atomic E-state index is 4.56. The Hall–Kier alpha value is -1.56. The third-order valence-electron chi connectivity index (χ3n) is 2.51. The molecule has 0 aromatic heterocycles. The van der Waals surface area contributed by atoms with E-state index in [1.54, 1.807) is 0 Å².